The van der Waals surface area contributed by atoms with Gasteiger partial charge in [-0.1, -0.05) is 5.16 Å². The second-order valence-electron chi connectivity index (χ2n) is 7.49. The molecule has 1 aliphatic rings. The van der Waals surface area contributed by atoms with Crippen molar-refractivity contribution in [3.63, 3.8) is 0 Å². The Kier molecular flexibility index (Phi) is 5.34. The normalized spacial score (nSPS) is 19.9. The number of likely N-dealkylation sites (tertiary alicyclic amines) is 1. The van der Waals surface area contributed by atoms with Crippen LogP contribution in [-0.2, 0) is 11.2 Å². The number of aromatic nitrogens is 1. The van der Waals surface area contributed by atoms with Crippen molar-refractivity contribution in [1.82, 2.24) is 15.4 Å². The van der Waals surface area contributed by atoms with E-state index in [1.54, 1.807) is 4.90 Å². The molecule has 23 heavy (non-hydrogen) atoms. The highest BCUT2D eigenvalue weighted by Gasteiger charge is 2.30. The van der Waals surface area contributed by atoms with Gasteiger partial charge in [0.15, 0.2) is 0 Å². The minimum atomic E-state index is -0.445. The van der Waals surface area contributed by atoms with Gasteiger partial charge in [0.1, 0.15) is 11.4 Å². The van der Waals surface area contributed by atoms with Crippen LogP contribution in [0.1, 0.15) is 51.1 Å². The third-order valence-electron chi connectivity index (χ3n) is 4.05. The van der Waals surface area contributed by atoms with E-state index in [1.807, 2.05) is 34.6 Å². The number of rotatable bonds is 4. The van der Waals surface area contributed by atoms with E-state index in [0.717, 1.165) is 30.8 Å². The molecule has 0 aliphatic carbocycles. The van der Waals surface area contributed by atoms with Gasteiger partial charge >= 0.3 is 6.09 Å². The molecule has 1 fully saturated rings. The quantitative estimate of drug-likeness (QED) is 0.923. The average molecular weight is 323 g/mol. The van der Waals surface area contributed by atoms with Gasteiger partial charge in [-0.05, 0) is 54.4 Å². The molecule has 6 heteroatoms. The minimum absolute atomic E-state index is 0.222. The van der Waals surface area contributed by atoms with Gasteiger partial charge in [0.05, 0.1) is 5.69 Å². The monoisotopic (exact) mass is 323 g/mol. The molecule has 130 valence electrons. The topological polar surface area (TPSA) is 67.6 Å². The molecule has 1 aromatic rings. The third-order valence-corrected chi connectivity index (χ3v) is 4.05. The van der Waals surface area contributed by atoms with E-state index in [1.165, 1.54) is 5.56 Å². The van der Waals surface area contributed by atoms with Crippen molar-refractivity contribution in [2.45, 2.75) is 72.1 Å². The Morgan fingerprint density at radius 2 is 2.17 bits per heavy atom. The highest BCUT2D eigenvalue weighted by Crippen LogP contribution is 2.18. The number of aryl methyl sites for hydroxylation is 2. The van der Waals surface area contributed by atoms with Crippen molar-refractivity contribution in [2.75, 3.05) is 13.1 Å². The van der Waals surface area contributed by atoms with Crippen LogP contribution in [-0.4, -0.2) is 46.9 Å². The Balaban J connectivity index is 1.82. The molecule has 0 radical (unpaired) electrons. The average Bonchev–Trinajstić information content (AvgIpc) is 2.99. The number of nitrogens with zero attached hydrogens (tertiary/aromatic N) is 2. The van der Waals surface area contributed by atoms with Crippen LogP contribution in [0.5, 0.6) is 0 Å². The van der Waals surface area contributed by atoms with E-state index in [4.69, 9.17) is 9.26 Å². The molecule has 2 atom stereocenters. The summed E-state index contributed by atoms with van der Waals surface area (Å²) < 4.78 is 10.6. The van der Waals surface area contributed by atoms with Crippen molar-refractivity contribution >= 4 is 6.09 Å². The van der Waals surface area contributed by atoms with Crippen molar-refractivity contribution in [3.8, 4) is 0 Å². The fraction of sp³-hybridized carbons (Fsp3) is 0.765. The minimum Gasteiger partial charge on any atom is -0.444 e. The van der Waals surface area contributed by atoms with E-state index in [0.29, 0.717) is 18.6 Å². The molecule has 0 aromatic carbocycles. The third kappa shape index (κ3) is 4.96. The number of nitrogens with one attached hydrogen (secondary N) is 1. The van der Waals surface area contributed by atoms with Crippen molar-refractivity contribution in [3.05, 3.63) is 17.0 Å². The first-order chi connectivity index (χ1) is 10.7. The van der Waals surface area contributed by atoms with Gasteiger partial charge < -0.3 is 19.5 Å². The van der Waals surface area contributed by atoms with Gasteiger partial charge in [0.2, 0.25) is 0 Å². The van der Waals surface area contributed by atoms with E-state index in [9.17, 15) is 4.79 Å². The molecule has 2 rings (SSSR count). The SMILES string of the molecule is Cc1noc(C)c1C[C@H](C)N[C@@H]1CCN(C(=O)OC(C)(C)C)C1. The largest absolute Gasteiger partial charge is 0.444 e. The van der Waals surface area contributed by atoms with Crippen LogP contribution in [0.25, 0.3) is 0 Å². The van der Waals surface area contributed by atoms with Gasteiger partial charge in [-0.15, -0.1) is 0 Å². The maximum Gasteiger partial charge on any atom is 0.410 e. The molecule has 0 unspecified atom stereocenters. The number of carbonyl (C=O) groups excluding carboxylic acids is 1. The number of amides is 1. The smallest absolute Gasteiger partial charge is 0.410 e. The van der Waals surface area contributed by atoms with Gasteiger partial charge in [-0.3, -0.25) is 0 Å². The fourth-order valence-electron chi connectivity index (χ4n) is 2.95. The first-order valence-corrected chi connectivity index (χ1v) is 8.31. The van der Waals surface area contributed by atoms with E-state index < -0.39 is 5.60 Å². The number of hydrogen-bond acceptors (Lipinski definition) is 5. The summed E-state index contributed by atoms with van der Waals surface area (Å²) in [5.41, 5.74) is 1.68. The summed E-state index contributed by atoms with van der Waals surface area (Å²) in [5.74, 6) is 0.887. The fourth-order valence-corrected chi connectivity index (χ4v) is 2.95. The first kappa shape index (κ1) is 17.8. The molecular weight excluding hydrogens is 294 g/mol. The molecule has 1 amide bonds. The zero-order chi connectivity index (χ0) is 17.2. The summed E-state index contributed by atoms with van der Waals surface area (Å²) >= 11 is 0. The summed E-state index contributed by atoms with van der Waals surface area (Å²) in [7, 11) is 0. The Bertz CT molecular complexity index is 528. The molecule has 1 aliphatic heterocycles. The van der Waals surface area contributed by atoms with Crippen LogP contribution in [0.2, 0.25) is 0 Å². The van der Waals surface area contributed by atoms with E-state index in [2.05, 4.69) is 17.4 Å². The first-order valence-electron chi connectivity index (χ1n) is 8.31. The maximum atomic E-state index is 12.1. The molecule has 1 N–H and O–H groups in total. The predicted molar refractivity (Wildman–Crippen MR) is 88.5 cm³/mol. The van der Waals surface area contributed by atoms with Crippen LogP contribution < -0.4 is 5.32 Å². The number of hydrogen-bond donors (Lipinski definition) is 1. The number of ether oxygens (including phenoxy) is 1. The van der Waals surface area contributed by atoms with Crippen LogP contribution in [0.3, 0.4) is 0 Å². The summed E-state index contributed by atoms with van der Waals surface area (Å²) in [4.78, 5) is 13.9. The lowest BCUT2D eigenvalue weighted by atomic mass is 10.0. The summed E-state index contributed by atoms with van der Waals surface area (Å²) in [6.45, 7) is 13.2. The molecule has 6 nitrogen and oxygen atoms in total. The summed E-state index contributed by atoms with van der Waals surface area (Å²) in [6, 6.07) is 0.605. The second kappa shape index (κ2) is 6.91. The van der Waals surface area contributed by atoms with Crippen LogP contribution >= 0.6 is 0 Å². The summed E-state index contributed by atoms with van der Waals surface area (Å²) in [5, 5.41) is 7.60. The van der Waals surface area contributed by atoms with Gasteiger partial charge in [0, 0.05) is 30.7 Å². The van der Waals surface area contributed by atoms with Crippen molar-refractivity contribution in [1.29, 1.82) is 0 Å². The van der Waals surface area contributed by atoms with Crippen molar-refractivity contribution < 1.29 is 14.1 Å². The Labute approximate surface area is 138 Å². The Morgan fingerprint density at radius 1 is 1.48 bits per heavy atom. The van der Waals surface area contributed by atoms with Gasteiger partial charge in [0.25, 0.3) is 0 Å². The van der Waals surface area contributed by atoms with E-state index >= 15 is 0 Å². The Morgan fingerprint density at radius 3 is 2.74 bits per heavy atom. The molecule has 0 bridgehead atoms. The van der Waals surface area contributed by atoms with Gasteiger partial charge in [-0.2, -0.15) is 0 Å². The van der Waals surface area contributed by atoms with Gasteiger partial charge in [-0.25, -0.2) is 4.79 Å². The highest BCUT2D eigenvalue weighted by atomic mass is 16.6. The molecule has 2 heterocycles. The van der Waals surface area contributed by atoms with Crippen LogP contribution in [0.4, 0.5) is 4.79 Å². The second-order valence-corrected chi connectivity index (χ2v) is 7.49. The lowest BCUT2D eigenvalue weighted by Gasteiger charge is -2.25. The molecule has 1 saturated heterocycles. The predicted octanol–water partition coefficient (Wildman–Crippen LogP) is 2.82. The highest BCUT2D eigenvalue weighted by molar-refractivity contribution is 5.68. The lowest BCUT2D eigenvalue weighted by molar-refractivity contribution is 0.0290. The standard InChI is InChI=1S/C17H29N3O3/c1-11(9-15-12(2)19-23-13(15)3)18-14-7-8-20(10-14)16(21)22-17(4,5)6/h11,14,18H,7-10H2,1-6H3/t11-,14+/m0/s1. The summed E-state index contributed by atoms with van der Waals surface area (Å²) in [6.07, 6.45) is 1.61. The van der Waals surface area contributed by atoms with Crippen molar-refractivity contribution in [2.24, 2.45) is 0 Å². The molecular formula is C17H29N3O3. The van der Waals surface area contributed by atoms with E-state index in [-0.39, 0.29) is 6.09 Å². The van der Waals surface area contributed by atoms with Crippen LogP contribution in [0.15, 0.2) is 4.52 Å². The molecule has 1 aromatic heterocycles. The zero-order valence-electron chi connectivity index (χ0n) is 15.1. The lowest BCUT2D eigenvalue weighted by Crippen LogP contribution is -2.41. The molecule has 0 saturated carbocycles. The zero-order valence-corrected chi connectivity index (χ0v) is 15.1. The van der Waals surface area contributed by atoms with Crippen LogP contribution in [0, 0.1) is 13.8 Å². The maximum absolute atomic E-state index is 12.1. The number of carbonyl (C=O) groups is 1. The Hall–Kier alpha value is -1.56. The molecule has 0 spiro atoms.